The summed E-state index contributed by atoms with van der Waals surface area (Å²) in [7, 11) is 3.50. The third kappa shape index (κ3) is 7.81. The van der Waals surface area contributed by atoms with Gasteiger partial charge in [-0.25, -0.2) is 0 Å². The van der Waals surface area contributed by atoms with E-state index in [1.807, 2.05) is 36.4 Å². The molecule has 150 valence electrons. The van der Waals surface area contributed by atoms with Crippen molar-refractivity contribution in [3.05, 3.63) is 59.2 Å². The van der Waals surface area contributed by atoms with Crippen LogP contribution in [0.2, 0.25) is 0 Å². The SMILES string of the molecule is CN(CC(=O)O)Cc1cccc(CCc2cccc(CN(C)CC(=O)O)n2)n1. The summed E-state index contributed by atoms with van der Waals surface area (Å²) in [6.07, 6.45) is 1.44. The van der Waals surface area contributed by atoms with Crippen LogP contribution in [0.1, 0.15) is 22.8 Å². The molecule has 2 N–H and O–H groups in total. The van der Waals surface area contributed by atoms with Gasteiger partial charge < -0.3 is 10.2 Å². The number of carbonyl (C=O) groups is 2. The molecule has 0 unspecified atom stereocenters. The van der Waals surface area contributed by atoms with E-state index in [0.717, 1.165) is 35.6 Å². The first-order valence-electron chi connectivity index (χ1n) is 9.02. The Kier molecular flexibility index (Phi) is 8.03. The van der Waals surface area contributed by atoms with Gasteiger partial charge >= 0.3 is 11.9 Å². The second kappa shape index (κ2) is 10.5. The smallest absolute Gasteiger partial charge is 0.317 e. The maximum Gasteiger partial charge on any atom is 0.317 e. The zero-order chi connectivity index (χ0) is 20.5. The Labute approximate surface area is 164 Å². The molecule has 0 fully saturated rings. The highest BCUT2D eigenvalue weighted by molar-refractivity contribution is 5.69. The van der Waals surface area contributed by atoms with E-state index in [0.29, 0.717) is 13.1 Å². The van der Waals surface area contributed by atoms with Crippen LogP contribution in [0.15, 0.2) is 36.4 Å². The van der Waals surface area contributed by atoms with E-state index in [-0.39, 0.29) is 13.1 Å². The largest absolute Gasteiger partial charge is 0.480 e. The Morgan fingerprint density at radius 2 is 1.11 bits per heavy atom. The van der Waals surface area contributed by atoms with Gasteiger partial charge in [0.2, 0.25) is 0 Å². The highest BCUT2D eigenvalue weighted by Crippen LogP contribution is 2.08. The molecule has 0 bridgehead atoms. The Hall–Kier alpha value is -2.84. The first-order chi connectivity index (χ1) is 13.3. The van der Waals surface area contributed by atoms with Gasteiger partial charge in [-0.05, 0) is 51.2 Å². The minimum absolute atomic E-state index is 0.0288. The van der Waals surface area contributed by atoms with Crippen molar-refractivity contribution in [2.24, 2.45) is 0 Å². The van der Waals surface area contributed by atoms with E-state index in [4.69, 9.17) is 10.2 Å². The van der Waals surface area contributed by atoms with Crippen molar-refractivity contribution in [2.75, 3.05) is 27.2 Å². The van der Waals surface area contributed by atoms with E-state index in [9.17, 15) is 9.59 Å². The third-order valence-electron chi connectivity index (χ3n) is 4.04. The lowest BCUT2D eigenvalue weighted by Gasteiger charge is -2.14. The Morgan fingerprint density at radius 3 is 1.46 bits per heavy atom. The average molecular weight is 386 g/mol. The second-order valence-corrected chi connectivity index (χ2v) is 6.87. The maximum absolute atomic E-state index is 10.8. The highest BCUT2D eigenvalue weighted by Gasteiger charge is 2.08. The molecule has 2 rings (SSSR count). The normalized spacial score (nSPS) is 11.1. The van der Waals surface area contributed by atoms with E-state index in [1.165, 1.54) is 0 Å². The molecular weight excluding hydrogens is 360 g/mol. The number of carboxylic acid groups (broad SMARTS) is 2. The molecule has 0 aromatic carbocycles. The lowest BCUT2D eigenvalue weighted by Crippen LogP contribution is -2.25. The summed E-state index contributed by atoms with van der Waals surface area (Å²) in [6.45, 7) is 0.894. The van der Waals surface area contributed by atoms with Crippen molar-refractivity contribution in [3.8, 4) is 0 Å². The van der Waals surface area contributed by atoms with Gasteiger partial charge in [-0.15, -0.1) is 0 Å². The molecule has 2 aromatic rings. The number of hydrogen-bond donors (Lipinski definition) is 2. The summed E-state index contributed by atoms with van der Waals surface area (Å²) in [6, 6.07) is 11.5. The minimum Gasteiger partial charge on any atom is -0.480 e. The lowest BCUT2D eigenvalue weighted by atomic mass is 10.1. The van der Waals surface area contributed by atoms with Crippen LogP contribution in [0, 0.1) is 0 Å². The Balaban J connectivity index is 1.93. The summed E-state index contributed by atoms with van der Waals surface area (Å²) in [5.74, 6) is -1.72. The number of aliphatic carboxylic acids is 2. The van der Waals surface area contributed by atoms with Crippen LogP contribution >= 0.6 is 0 Å². The van der Waals surface area contributed by atoms with Crippen LogP contribution in [0.4, 0.5) is 0 Å². The van der Waals surface area contributed by atoms with Crippen LogP contribution in [0.5, 0.6) is 0 Å². The van der Waals surface area contributed by atoms with Gasteiger partial charge in [0, 0.05) is 24.5 Å². The number of aromatic nitrogens is 2. The summed E-state index contributed by atoms with van der Waals surface area (Å²) >= 11 is 0. The molecule has 28 heavy (non-hydrogen) atoms. The molecule has 0 saturated heterocycles. The van der Waals surface area contributed by atoms with Crippen molar-refractivity contribution in [3.63, 3.8) is 0 Å². The number of nitrogens with zero attached hydrogens (tertiary/aromatic N) is 4. The predicted octanol–water partition coefficient (Wildman–Crippen LogP) is 1.29. The Morgan fingerprint density at radius 1 is 0.750 bits per heavy atom. The molecule has 0 aliphatic rings. The van der Waals surface area contributed by atoms with E-state index < -0.39 is 11.9 Å². The molecule has 8 nitrogen and oxygen atoms in total. The molecule has 2 heterocycles. The van der Waals surface area contributed by atoms with Crippen molar-refractivity contribution < 1.29 is 19.8 Å². The quantitative estimate of drug-likeness (QED) is 0.595. The predicted molar refractivity (Wildman–Crippen MR) is 104 cm³/mol. The fraction of sp³-hybridized carbons (Fsp3) is 0.400. The molecule has 8 heteroatoms. The van der Waals surface area contributed by atoms with Crippen molar-refractivity contribution in [1.82, 2.24) is 19.8 Å². The summed E-state index contributed by atoms with van der Waals surface area (Å²) < 4.78 is 0. The topological polar surface area (TPSA) is 107 Å². The molecule has 0 saturated carbocycles. The van der Waals surface area contributed by atoms with Gasteiger partial charge in [0.15, 0.2) is 0 Å². The van der Waals surface area contributed by atoms with Gasteiger partial charge in [0.1, 0.15) is 0 Å². The second-order valence-electron chi connectivity index (χ2n) is 6.87. The van der Waals surface area contributed by atoms with Crippen LogP contribution in [-0.2, 0) is 35.5 Å². The molecule has 2 aromatic heterocycles. The Bertz CT molecular complexity index is 745. The molecule has 0 atom stereocenters. The van der Waals surface area contributed by atoms with E-state index in [2.05, 4.69) is 9.97 Å². The fourth-order valence-electron chi connectivity index (χ4n) is 2.90. The van der Waals surface area contributed by atoms with Gasteiger partial charge in [0.05, 0.1) is 24.5 Å². The van der Waals surface area contributed by atoms with E-state index >= 15 is 0 Å². The lowest BCUT2D eigenvalue weighted by molar-refractivity contribution is -0.139. The van der Waals surface area contributed by atoms with Gasteiger partial charge in [-0.3, -0.25) is 29.4 Å². The number of likely N-dealkylation sites (N-methyl/N-ethyl adjacent to an activating group) is 2. The summed E-state index contributed by atoms with van der Waals surface area (Å²) in [5, 5.41) is 17.7. The zero-order valence-corrected chi connectivity index (χ0v) is 16.2. The molecule has 0 spiro atoms. The third-order valence-corrected chi connectivity index (χ3v) is 4.04. The van der Waals surface area contributed by atoms with Gasteiger partial charge in [-0.2, -0.15) is 0 Å². The van der Waals surface area contributed by atoms with Crippen molar-refractivity contribution >= 4 is 11.9 Å². The monoisotopic (exact) mass is 386 g/mol. The molecule has 0 amide bonds. The summed E-state index contributed by atoms with van der Waals surface area (Å²) in [5.41, 5.74) is 3.52. The van der Waals surface area contributed by atoms with Gasteiger partial charge in [-0.1, -0.05) is 12.1 Å². The standard InChI is InChI=1S/C20H26N4O4/c1-23(13-19(25)26)11-17-7-3-5-15(21-17)9-10-16-6-4-8-18(22-16)12-24(2)14-20(27)28/h3-8H,9-14H2,1-2H3,(H,25,26)(H,27,28). The van der Waals surface area contributed by atoms with Crippen LogP contribution in [-0.4, -0.2) is 69.1 Å². The van der Waals surface area contributed by atoms with Crippen molar-refractivity contribution in [2.45, 2.75) is 25.9 Å². The minimum atomic E-state index is -0.862. The fourth-order valence-corrected chi connectivity index (χ4v) is 2.90. The number of rotatable bonds is 11. The van der Waals surface area contributed by atoms with Gasteiger partial charge in [0.25, 0.3) is 0 Å². The average Bonchev–Trinajstić information content (AvgIpc) is 2.59. The maximum atomic E-state index is 10.8. The van der Waals surface area contributed by atoms with E-state index in [1.54, 1.807) is 23.9 Å². The number of hydrogen-bond acceptors (Lipinski definition) is 6. The first kappa shape index (κ1) is 21.5. The van der Waals surface area contributed by atoms with Crippen LogP contribution < -0.4 is 0 Å². The first-order valence-corrected chi connectivity index (χ1v) is 9.02. The summed E-state index contributed by atoms with van der Waals surface area (Å²) in [4.78, 5) is 34.2. The number of pyridine rings is 2. The van der Waals surface area contributed by atoms with Crippen LogP contribution in [0.3, 0.4) is 0 Å². The zero-order valence-electron chi connectivity index (χ0n) is 16.2. The number of carboxylic acids is 2. The highest BCUT2D eigenvalue weighted by atomic mass is 16.4. The molecule has 0 aliphatic carbocycles. The molecule has 0 radical (unpaired) electrons. The molecular formula is C20H26N4O4. The molecule has 0 aliphatic heterocycles. The number of aryl methyl sites for hydroxylation is 2. The van der Waals surface area contributed by atoms with Crippen molar-refractivity contribution in [1.29, 1.82) is 0 Å². The van der Waals surface area contributed by atoms with Crippen LogP contribution in [0.25, 0.3) is 0 Å².